The molecule has 0 aromatic heterocycles. The van der Waals surface area contributed by atoms with Crippen molar-refractivity contribution in [2.24, 2.45) is 0 Å². The minimum absolute atomic E-state index is 0.00843. The zero-order valence-electron chi connectivity index (χ0n) is 15.1. The van der Waals surface area contributed by atoms with E-state index < -0.39 is 34.6 Å². The van der Waals surface area contributed by atoms with E-state index in [4.69, 9.17) is 21.1 Å². The van der Waals surface area contributed by atoms with Gasteiger partial charge in [0.15, 0.2) is 11.6 Å². The molecular formula is C20H18ClF4NO2. The molecule has 2 aromatic rings. The predicted molar refractivity (Wildman–Crippen MR) is 98.8 cm³/mol. The second-order valence-electron chi connectivity index (χ2n) is 6.33. The number of ether oxygens (including phenoxy) is 2. The van der Waals surface area contributed by atoms with Gasteiger partial charge in [-0.3, -0.25) is 4.90 Å². The summed E-state index contributed by atoms with van der Waals surface area (Å²) >= 11 is 5.88. The van der Waals surface area contributed by atoms with Crippen molar-refractivity contribution in [3.05, 3.63) is 63.7 Å². The molecule has 0 unspecified atom stereocenters. The van der Waals surface area contributed by atoms with Crippen molar-refractivity contribution in [2.45, 2.75) is 6.92 Å². The zero-order valence-corrected chi connectivity index (χ0v) is 15.8. The predicted octanol–water partition coefficient (Wildman–Crippen LogP) is 5.34. The Hall–Kier alpha value is -2.09. The number of morpholine rings is 1. The van der Waals surface area contributed by atoms with Gasteiger partial charge in [-0.1, -0.05) is 23.8 Å². The van der Waals surface area contributed by atoms with Gasteiger partial charge in [-0.2, -0.15) is 8.78 Å². The van der Waals surface area contributed by atoms with E-state index in [9.17, 15) is 17.6 Å². The van der Waals surface area contributed by atoms with Gasteiger partial charge in [0.2, 0.25) is 17.4 Å². The second-order valence-corrected chi connectivity index (χ2v) is 6.73. The number of hydrogen-bond donors (Lipinski definition) is 0. The van der Waals surface area contributed by atoms with Crippen LogP contribution >= 0.6 is 11.6 Å². The Kier molecular flexibility index (Phi) is 6.59. The van der Waals surface area contributed by atoms with Gasteiger partial charge in [0.25, 0.3) is 0 Å². The van der Waals surface area contributed by atoms with E-state index in [1.807, 2.05) is 4.90 Å². The fourth-order valence-corrected chi connectivity index (χ4v) is 2.88. The first kappa shape index (κ1) is 20.6. The first-order valence-electron chi connectivity index (χ1n) is 8.65. The fourth-order valence-electron chi connectivity index (χ4n) is 2.77. The quantitative estimate of drug-likeness (QED) is 0.486. The molecule has 0 atom stereocenters. The number of aryl methyl sites for hydroxylation is 1. The van der Waals surface area contributed by atoms with E-state index in [2.05, 4.69) is 0 Å². The SMILES string of the molecule is Cc1cc(Oc2c(F)c(F)c(C=CCN3CCOCC3)c(F)c2F)ccc1Cl. The van der Waals surface area contributed by atoms with Gasteiger partial charge in [-0.25, -0.2) is 8.78 Å². The molecule has 0 radical (unpaired) electrons. The molecule has 0 bridgehead atoms. The van der Waals surface area contributed by atoms with Crippen molar-refractivity contribution in [3.63, 3.8) is 0 Å². The molecule has 1 aliphatic rings. The summed E-state index contributed by atoms with van der Waals surface area (Å²) < 4.78 is 67.7. The van der Waals surface area contributed by atoms with Crippen LogP contribution in [0.4, 0.5) is 17.6 Å². The monoisotopic (exact) mass is 415 g/mol. The van der Waals surface area contributed by atoms with Crippen molar-refractivity contribution in [1.82, 2.24) is 4.90 Å². The lowest BCUT2D eigenvalue weighted by Gasteiger charge is -2.25. The summed E-state index contributed by atoms with van der Waals surface area (Å²) in [5.41, 5.74) is -0.202. The molecule has 3 nitrogen and oxygen atoms in total. The molecular weight excluding hydrogens is 398 g/mol. The normalized spacial score (nSPS) is 15.4. The summed E-state index contributed by atoms with van der Waals surface area (Å²) in [5.74, 6) is -7.36. The van der Waals surface area contributed by atoms with Crippen LogP contribution in [0.5, 0.6) is 11.5 Å². The molecule has 2 aromatic carbocycles. The van der Waals surface area contributed by atoms with Crippen LogP contribution in [-0.2, 0) is 4.74 Å². The van der Waals surface area contributed by atoms with Crippen molar-refractivity contribution in [3.8, 4) is 11.5 Å². The molecule has 8 heteroatoms. The smallest absolute Gasteiger partial charge is 0.205 e. The zero-order chi connectivity index (χ0) is 20.3. The van der Waals surface area contributed by atoms with E-state index in [-0.39, 0.29) is 5.75 Å². The van der Waals surface area contributed by atoms with Crippen LogP contribution in [-0.4, -0.2) is 37.7 Å². The average Bonchev–Trinajstić information content (AvgIpc) is 2.70. The third-order valence-electron chi connectivity index (χ3n) is 4.36. The highest BCUT2D eigenvalue weighted by atomic mass is 35.5. The molecule has 1 fully saturated rings. The van der Waals surface area contributed by atoms with E-state index >= 15 is 0 Å². The lowest BCUT2D eigenvalue weighted by Crippen LogP contribution is -2.36. The number of hydrogen-bond acceptors (Lipinski definition) is 3. The molecule has 0 N–H and O–H groups in total. The van der Waals surface area contributed by atoms with Gasteiger partial charge in [0.1, 0.15) is 5.75 Å². The summed E-state index contributed by atoms with van der Waals surface area (Å²) in [6.07, 6.45) is 2.48. The minimum Gasteiger partial charge on any atom is -0.451 e. The highest BCUT2D eigenvalue weighted by Gasteiger charge is 2.26. The minimum atomic E-state index is -1.60. The molecule has 28 heavy (non-hydrogen) atoms. The third kappa shape index (κ3) is 4.48. The van der Waals surface area contributed by atoms with Gasteiger partial charge in [-0.15, -0.1) is 0 Å². The number of benzene rings is 2. The molecule has 3 rings (SSSR count). The maximum absolute atomic E-state index is 14.4. The maximum atomic E-state index is 14.4. The van der Waals surface area contributed by atoms with Crippen LogP contribution in [0.25, 0.3) is 6.08 Å². The second kappa shape index (κ2) is 8.94. The average molecular weight is 416 g/mol. The van der Waals surface area contributed by atoms with E-state index in [1.165, 1.54) is 24.3 Å². The van der Waals surface area contributed by atoms with E-state index in [0.717, 1.165) is 6.08 Å². The van der Waals surface area contributed by atoms with Crippen LogP contribution in [0.3, 0.4) is 0 Å². The van der Waals surface area contributed by atoms with Crippen LogP contribution in [0.2, 0.25) is 5.02 Å². The van der Waals surface area contributed by atoms with Gasteiger partial charge in [0, 0.05) is 24.7 Å². The first-order valence-corrected chi connectivity index (χ1v) is 9.03. The van der Waals surface area contributed by atoms with Gasteiger partial charge in [-0.05, 0) is 30.7 Å². The first-order chi connectivity index (χ1) is 13.4. The van der Waals surface area contributed by atoms with E-state index in [1.54, 1.807) is 6.92 Å². The summed E-state index contributed by atoms with van der Waals surface area (Å²) in [5, 5.41) is 0.423. The van der Waals surface area contributed by atoms with Crippen molar-refractivity contribution >= 4 is 17.7 Å². The molecule has 1 aliphatic heterocycles. The number of nitrogens with zero attached hydrogens (tertiary/aromatic N) is 1. The molecule has 1 heterocycles. The van der Waals surface area contributed by atoms with Crippen molar-refractivity contribution in [1.29, 1.82) is 0 Å². The Morgan fingerprint density at radius 2 is 1.71 bits per heavy atom. The largest absolute Gasteiger partial charge is 0.451 e. The Labute approximate surface area is 165 Å². The third-order valence-corrected chi connectivity index (χ3v) is 4.78. The van der Waals surface area contributed by atoms with Crippen LogP contribution in [0, 0.1) is 30.2 Å². The molecule has 0 spiro atoms. The molecule has 0 saturated carbocycles. The Morgan fingerprint density at radius 1 is 1.07 bits per heavy atom. The Morgan fingerprint density at radius 3 is 2.32 bits per heavy atom. The summed E-state index contributed by atoms with van der Waals surface area (Å²) in [6.45, 7) is 4.52. The number of halogens is 5. The summed E-state index contributed by atoms with van der Waals surface area (Å²) in [4.78, 5) is 1.99. The summed E-state index contributed by atoms with van der Waals surface area (Å²) in [6, 6.07) is 4.21. The highest BCUT2D eigenvalue weighted by Crippen LogP contribution is 2.34. The molecule has 1 saturated heterocycles. The standard InChI is InChI=1S/C20H18ClF4NO2/c1-12-11-13(4-5-15(12)21)28-20-18(24)16(22)14(17(23)19(20)25)3-2-6-26-7-9-27-10-8-26/h2-5,11H,6-10H2,1H3. The van der Waals surface area contributed by atoms with Gasteiger partial charge >= 0.3 is 0 Å². The van der Waals surface area contributed by atoms with Gasteiger partial charge < -0.3 is 9.47 Å². The van der Waals surface area contributed by atoms with E-state index in [0.29, 0.717) is 43.4 Å². The van der Waals surface area contributed by atoms with Crippen molar-refractivity contribution < 1.29 is 27.0 Å². The van der Waals surface area contributed by atoms with Crippen LogP contribution < -0.4 is 4.74 Å². The Bertz CT molecular complexity index is 869. The van der Waals surface area contributed by atoms with Crippen LogP contribution in [0.1, 0.15) is 11.1 Å². The lowest BCUT2D eigenvalue weighted by atomic mass is 10.1. The lowest BCUT2D eigenvalue weighted by molar-refractivity contribution is 0.0435. The summed E-state index contributed by atoms with van der Waals surface area (Å²) in [7, 11) is 0. The fraction of sp³-hybridized carbons (Fsp3) is 0.300. The number of rotatable bonds is 5. The highest BCUT2D eigenvalue weighted by molar-refractivity contribution is 6.31. The van der Waals surface area contributed by atoms with Crippen LogP contribution in [0.15, 0.2) is 24.3 Å². The van der Waals surface area contributed by atoms with Crippen molar-refractivity contribution in [2.75, 3.05) is 32.8 Å². The maximum Gasteiger partial charge on any atom is 0.205 e. The molecule has 0 aliphatic carbocycles. The topological polar surface area (TPSA) is 21.7 Å². The molecule has 150 valence electrons. The Balaban J connectivity index is 1.85. The molecule has 0 amide bonds. The van der Waals surface area contributed by atoms with Gasteiger partial charge in [0.05, 0.1) is 18.8 Å².